The molecule has 1 aliphatic rings. The molecule has 0 aromatic heterocycles. The van der Waals surface area contributed by atoms with Crippen LogP contribution in [0.1, 0.15) is 33.9 Å². The summed E-state index contributed by atoms with van der Waals surface area (Å²) in [4.78, 5) is 26.4. The molecule has 0 radical (unpaired) electrons. The quantitative estimate of drug-likeness (QED) is 0.844. The molecule has 0 fully saturated rings. The van der Waals surface area contributed by atoms with Gasteiger partial charge >= 0.3 is 0 Å². The van der Waals surface area contributed by atoms with E-state index in [1.54, 1.807) is 18.2 Å². The number of carbonyl (C=O) groups is 2. The number of halogens is 2. The molecule has 4 nitrogen and oxygen atoms in total. The Bertz CT molecular complexity index is 842. The summed E-state index contributed by atoms with van der Waals surface area (Å²) < 4.78 is 0. The highest BCUT2D eigenvalue weighted by atomic mass is 35.5. The Kier molecular flexibility index (Phi) is 5.64. The van der Waals surface area contributed by atoms with Crippen molar-refractivity contribution < 1.29 is 9.59 Å². The molecule has 0 spiro atoms. The Morgan fingerprint density at radius 1 is 1.15 bits per heavy atom. The predicted molar refractivity (Wildman–Crippen MR) is 103 cm³/mol. The van der Waals surface area contributed by atoms with E-state index in [-0.39, 0.29) is 23.3 Å². The van der Waals surface area contributed by atoms with Crippen LogP contribution in [0.3, 0.4) is 0 Å². The van der Waals surface area contributed by atoms with Gasteiger partial charge in [0.25, 0.3) is 5.91 Å². The van der Waals surface area contributed by atoms with Gasteiger partial charge in [-0.1, -0.05) is 59.6 Å². The van der Waals surface area contributed by atoms with Crippen LogP contribution in [-0.2, 0) is 11.3 Å². The van der Waals surface area contributed by atoms with Crippen molar-refractivity contribution in [2.75, 3.05) is 7.05 Å². The van der Waals surface area contributed by atoms with E-state index >= 15 is 0 Å². The molecule has 0 bridgehead atoms. The van der Waals surface area contributed by atoms with Crippen molar-refractivity contribution >= 4 is 34.9 Å². The highest BCUT2D eigenvalue weighted by Crippen LogP contribution is 2.26. The van der Waals surface area contributed by atoms with Gasteiger partial charge < -0.3 is 10.2 Å². The minimum Gasteiger partial charge on any atom is -0.367 e. The van der Waals surface area contributed by atoms with Gasteiger partial charge in [-0.05, 0) is 29.5 Å². The maximum Gasteiger partial charge on any atom is 0.254 e. The highest BCUT2D eigenvalue weighted by Gasteiger charge is 2.25. The summed E-state index contributed by atoms with van der Waals surface area (Å²) in [5.41, 5.74) is 2.13. The van der Waals surface area contributed by atoms with E-state index in [9.17, 15) is 9.59 Å². The molecule has 2 aromatic rings. The molecule has 1 atom stereocenters. The van der Waals surface area contributed by atoms with E-state index in [0.29, 0.717) is 23.0 Å². The number of allylic oxidation sites excluding steroid dienone is 1. The number of hydrogen-bond donors (Lipinski definition) is 1. The van der Waals surface area contributed by atoms with E-state index in [0.717, 1.165) is 11.1 Å². The third-order valence-corrected chi connectivity index (χ3v) is 4.94. The fourth-order valence-electron chi connectivity index (χ4n) is 2.98. The van der Waals surface area contributed by atoms with Gasteiger partial charge in [0.2, 0.25) is 0 Å². The predicted octanol–water partition coefficient (Wildman–Crippen LogP) is 4.38. The molecule has 134 valence electrons. The van der Waals surface area contributed by atoms with Crippen LogP contribution in [0, 0.1) is 0 Å². The fourth-order valence-corrected chi connectivity index (χ4v) is 3.55. The van der Waals surface area contributed by atoms with Gasteiger partial charge in [0.05, 0.1) is 15.6 Å². The lowest BCUT2D eigenvalue weighted by molar-refractivity contribution is -0.123. The first-order valence-corrected chi connectivity index (χ1v) is 8.95. The van der Waals surface area contributed by atoms with Crippen LogP contribution in [-0.4, -0.2) is 23.6 Å². The standard InChI is InChI=1S/C20H18Cl2N2O2/c1-24-11-3-6-17(25)19(24)14-9-7-13(8-10-14)12-23-20(26)18-15(21)4-2-5-16(18)22/h2-5,7-11,19H,6,12H2,1H3,(H,23,26). The average Bonchev–Trinajstić information content (AvgIpc) is 2.61. The van der Waals surface area contributed by atoms with Crippen LogP contribution in [0.25, 0.3) is 0 Å². The van der Waals surface area contributed by atoms with Gasteiger partial charge in [-0.2, -0.15) is 0 Å². The molecule has 26 heavy (non-hydrogen) atoms. The lowest BCUT2D eigenvalue weighted by Crippen LogP contribution is -2.29. The maximum absolute atomic E-state index is 12.3. The smallest absolute Gasteiger partial charge is 0.254 e. The van der Waals surface area contributed by atoms with E-state index < -0.39 is 0 Å². The number of ketones is 1. The summed E-state index contributed by atoms with van der Waals surface area (Å²) in [6.45, 7) is 0.342. The zero-order valence-electron chi connectivity index (χ0n) is 14.2. The molecule has 6 heteroatoms. The normalized spacial score (nSPS) is 16.7. The lowest BCUT2D eigenvalue weighted by Gasteiger charge is -2.28. The molecule has 1 amide bonds. The molecule has 1 N–H and O–H groups in total. The molecule has 1 unspecified atom stereocenters. The fraction of sp³-hybridized carbons (Fsp3) is 0.200. The first-order valence-electron chi connectivity index (χ1n) is 8.19. The number of nitrogens with one attached hydrogen (secondary N) is 1. The van der Waals surface area contributed by atoms with Crippen LogP contribution < -0.4 is 5.32 Å². The van der Waals surface area contributed by atoms with Crippen molar-refractivity contribution in [3.63, 3.8) is 0 Å². The minimum atomic E-state index is -0.322. The Morgan fingerprint density at radius 3 is 2.42 bits per heavy atom. The summed E-state index contributed by atoms with van der Waals surface area (Å²) >= 11 is 12.1. The molecular formula is C20H18Cl2N2O2. The second-order valence-corrected chi connectivity index (χ2v) is 6.96. The van der Waals surface area contributed by atoms with Gasteiger partial charge in [0.15, 0.2) is 5.78 Å². The van der Waals surface area contributed by atoms with Crippen molar-refractivity contribution in [3.05, 3.63) is 81.5 Å². The average molecular weight is 389 g/mol. The lowest BCUT2D eigenvalue weighted by atomic mass is 9.96. The Hall–Kier alpha value is -2.30. The third kappa shape index (κ3) is 3.92. The molecule has 0 saturated carbocycles. The van der Waals surface area contributed by atoms with Crippen molar-refractivity contribution in [2.45, 2.75) is 19.0 Å². The number of likely N-dealkylation sites (N-methyl/N-ethyl adjacent to an activating group) is 1. The second kappa shape index (κ2) is 7.94. The number of carbonyl (C=O) groups excluding carboxylic acids is 2. The SMILES string of the molecule is CN1C=CCC(=O)C1c1ccc(CNC(=O)c2c(Cl)cccc2Cl)cc1. The molecule has 0 saturated heterocycles. The molecule has 2 aromatic carbocycles. The minimum absolute atomic E-state index is 0.171. The summed E-state index contributed by atoms with van der Waals surface area (Å²) in [5, 5.41) is 3.45. The van der Waals surface area contributed by atoms with E-state index in [4.69, 9.17) is 23.2 Å². The largest absolute Gasteiger partial charge is 0.367 e. The van der Waals surface area contributed by atoms with Crippen LogP contribution in [0.5, 0.6) is 0 Å². The number of Topliss-reactive ketones (excluding diaryl/α,β-unsaturated/α-hetero) is 1. The van der Waals surface area contributed by atoms with Gasteiger partial charge in [-0.15, -0.1) is 0 Å². The first kappa shape index (κ1) is 18.5. The molecule has 0 aliphatic carbocycles. The molecule has 3 rings (SSSR count). The topological polar surface area (TPSA) is 49.4 Å². The van der Waals surface area contributed by atoms with Crippen LogP contribution >= 0.6 is 23.2 Å². The number of benzene rings is 2. The summed E-state index contributed by atoms with van der Waals surface area (Å²) in [6, 6.07) is 12.3. The first-order chi connectivity index (χ1) is 12.5. The number of nitrogens with zero attached hydrogens (tertiary/aromatic N) is 1. The van der Waals surface area contributed by atoms with Crippen LogP contribution in [0.2, 0.25) is 10.0 Å². The Morgan fingerprint density at radius 2 is 1.81 bits per heavy atom. The number of hydrogen-bond acceptors (Lipinski definition) is 3. The molecular weight excluding hydrogens is 371 g/mol. The number of rotatable bonds is 4. The monoisotopic (exact) mass is 388 g/mol. The second-order valence-electron chi connectivity index (χ2n) is 6.14. The van der Waals surface area contributed by atoms with E-state index in [1.807, 2.05) is 48.5 Å². The van der Waals surface area contributed by atoms with Gasteiger partial charge in [0, 0.05) is 20.0 Å². The molecule has 1 aliphatic heterocycles. The molecule has 1 heterocycles. The van der Waals surface area contributed by atoms with Gasteiger partial charge in [0.1, 0.15) is 6.04 Å². The summed E-state index contributed by atoms with van der Waals surface area (Å²) in [7, 11) is 1.89. The van der Waals surface area contributed by atoms with E-state index in [1.165, 1.54) is 0 Å². The Balaban J connectivity index is 1.67. The maximum atomic E-state index is 12.3. The van der Waals surface area contributed by atoms with Crippen molar-refractivity contribution in [1.82, 2.24) is 10.2 Å². The van der Waals surface area contributed by atoms with Gasteiger partial charge in [-0.25, -0.2) is 0 Å². The summed E-state index contributed by atoms with van der Waals surface area (Å²) in [6.07, 6.45) is 4.24. The zero-order valence-corrected chi connectivity index (χ0v) is 15.7. The van der Waals surface area contributed by atoms with Gasteiger partial charge in [-0.3, -0.25) is 9.59 Å². The van der Waals surface area contributed by atoms with E-state index in [2.05, 4.69) is 5.32 Å². The summed E-state index contributed by atoms with van der Waals surface area (Å²) in [5.74, 6) is -0.151. The van der Waals surface area contributed by atoms with Crippen molar-refractivity contribution in [3.8, 4) is 0 Å². The van der Waals surface area contributed by atoms with Crippen LogP contribution in [0.15, 0.2) is 54.7 Å². The Labute approximate surface area is 162 Å². The van der Waals surface area contributed by atoms with Crippen molar-refractivity contribution in [1.29, 1.82) is 0 Å². The zero-order chi connectivity index (χ0) is 18.7. The third-order valence-electron chi connectivity index (χ3n) is 4.31. The number of amides is 1. The highest BCUT2D eigenvalue weighted by molar-refractivity contribution is 6.39. The van der Waals surface area contributed by atoms with Crippen LogP contribution in [0.4, 0.5) is 0 Å². The van der Waals surface area contributed by atoms with Crippen molar-refractivity contribution in [2.24, 2.45) is 0 Å².